The second-order valence-electron chi connectivity index (χ2n) is 3.26. The van der Waals surface area contributed by atoms with Crippen LogP contribution in [0.15, 0.2) is 17.1 Å². The van der Waals surface area contributed by atoms with Crippen LogP contribution in [0.4, 0.5) is 5.69 Å². The molecule has 0 unspecified atom stereocenters. The third-order valence-electron chi connectivity index (χ3n) is 2.29. The van der Waals surface area contributed by atoms with Gasteiger partial charge in [0.25, 0.3) is 0 Å². The molecule has 1 rings (SSSR count). The number of hydrogen-bond acceptors (Lipinski definition) is 5. The monoisotopic (exact) mass is 254 g/mol. The van der Waals surface area contributed by atoms with Gasteiger partial charge in [-0.25, -0.2) is 5.84 Å². The molecule has 4 N–H and O–H groups in total. The van der Waals surface area contributed by atoms with Gasteiger partial charge in [-0.3, -0.25) is 10.4 Å². The molecule has 0 aromatic heterocycles. The largest absolute Gasteiger partial charge is 0.493 e. The van der Waals surface area contributed by atoms with Gasteiger partial charge in [0.15, 0.2) is 11.5 Å². The predicted molar refractivity (Wildman–Crippen MR) is 70.4 cm³/mol. The quantitative estimate of drug-likeness (QED) is 0.315. The number of aliphatic imine (C=N–C) groups is 1. The van der Waals surface area contributed by atoms with Gasteiger partial charge >= 0.3 is 0 Å². The molecule has 0 amide bonds. The highest BCUT2D eigenvalue weighted by Crippen LogP contribution is 2.39. The Kier molecular flexibility index (Phi) is 5.06. The summed E-state index contributed by atoms with van der Waals surface area (Å²) in [5, 5.41) is 2.98. The van der Waals surface area contributed by atoms with Gasteiger partial charge in [0, 0.05) is 24.9 Å². The molecular weight excluding hydrogens is 236 g/mol. The van der Waals surface area contributed by atoms with Crippen LogP contribution in [0, 0.1) is 0 Å². The van der Waals surface area contributed by atoms with Gasteiger partial charge in [0.2, 0.25) is 11.7 Å². The van der Waals surface area contributed by atoms with Crippen LogP contribution >= 0.6 is 0 Å². The van der Waals surface area contributed by atoms with Crippen molar-refractivity contribution in [3.05, 3.63) is 12.1 Å². The lowest BCUT2D eigenvalue weighted by Crippen LogP contribution is -2.36. The molecule has 0 aliphatic rings. The van der Waals surface area contributed by atoms with Gasteiger partial charge in [-0.2, -0.15) is 0 Å². The van der Waals surface area contributed by atoms with Gasteiger partial charge in [0.1, 0.15) is 0 Å². The number of ether oxygens (including phenoxy) is 3. The average molecular weight is 254 g/mol. The molecule has 0 fully saturated rings. The van der Waals surface area contributed by atoms with Crippen LogP contribution < -0.4 is 30.8 Å². The molecule has 0 aliphatic heterocycles. The Morgan fingerprint density at radius 1 is 1.11 bits per heavy atom. The number of nitrogens with zero attached hydrogens (tertiary/aromatic N) is 1. The predicted octanol–water partition coefficient (Wildman–Crippen LogP) is 0.573. The number of anilines is 1. The third-order valence-corrected chi connectivity index (χ3v) is 2.29. The van der Waals surface area contributed by atoms with Gasteiger partial charge in [-0.1, -0.05) is 0 Å². The second kappa shape index (κ2) is 6.55. The van der Waals surface area contributed by atoms with Crippen molar-refractivity contribution in [2.75, 3.05) is 33.7 Å². The zero-order chi connectivity index (χ0) is 13.5. The lowest BCUT2D eigenvalue weighted by Gasteiger charge is -2.15. The lowest BCUT2D eigenvalue weighted by atomic mass is 10.2. The molecule has 7 heteroatoms. The summed E-state index contributed by atoms with van der Waals surface area (Å²) >= 11 is 0. The van der Waals surface area contributed by atoms with Gasteiger partial charge < -0.3 is 19.5 Å². The lowest BCUT2D eigenvalue weighted by molar-refractivity contribution is 0.324. The van der Waals surface area contributed by atoms with Gasteiger partial charge in [-0.05, 0) is 0 Å². The fraction of sp³-hybridized carbons (Fsp3) is 0.364. The van der Waals surface area contributed by atoms with Gasteiger partial charge in [0.05, 0.1) is 21.3 Å². The molecule has 0 aliphatic carbocycles. The highest BCUT2D eigenvalue weighted by Gasteiger charge is 2.13. The summed E-state index contributed by atoms with van der Waals surface area (Å²) in [6.45, 7) is 0. The van der Waals surface area contributed by atoms with Crippen LogP contribution in [0.1, 0.15) is 0 Å². The van der Waals surface area contributed by atoms with Crippen molar-refractivity contribution < 1.29 is 14.2 Å². The topological polar surface area (TPSA) is 90.1 Å². The van der Waals surface area contributed by atoms with E-state index in [0.29, 0.717) is 28.9 Å². The number of methoxy groups -OCH3 is 3. The van der Waals surface area contributed by atoms with Crippen molar-refractivity contribution in [3.63, 3.8) is 0 Å². The normalized spacial score (nSPS) is 10.8. The Morgan fingerprint density at radius 2 is 1.67 bits per heavy atom. The maximum atomic E-state index is 5.30. The van der Waals surface area contributed by atoms with Crippen LogP contribution in [0.2, 0.25) is 0 Å². The van der Waals surface area contributed by atoms with E-state index in [1.54, 1.807) is 40.5 Å². The smallest absolute Gasteiger partial charge is 0.209 e. The number of hydrogen-bond donors (Lipinski definition) is 3. The molecule has 0 radical (unpaired) electrons. The van der Waals surface area contributed by atoms with Crippen molar-refractivity contribution >= 4 is 11.6 Å². The third kappa shape index (κ3) is 2.95. The summed E-state index contributed by atoms with van der Waals surface area (Å²) < 4.78 is 15.7. The van der Waals surface area contributed by atoms with E-state index < -0.39 is 0 Å². The highest BCUT2D eigenvalue weighted by atomic mass is 16.5. The summed E-state index contributed by atoms with van der Waals surface area (Å²) in [5.41, 5.74) is 3.14. The van der Waals surface area contributed by atoms with Crippen molar-refractivity contribution in [2.45, 2.75) is 0 Å². The minimum absolute atomic E-state index is 0.421. The standard InChI is InChI=1S/C11H18N4O3/c1-13-11(15-12)14-7-5-8(16-2)10(18-4)9(6-7)17-3/h5-6H,12H2,1-4H3,(H2,13,14,15). The van der Waals surface area contributed by atoms with Crippen LogP contribution in [0.5, 0.6) is 17.2 Å². The van der Waals surface area contributed by atoms with Crippen molar-refractivity contribution in [1.29, 1.82) is 0 Å². The number of rotatable bonds is 4. The molecule has 0 atom stereocenters. The van der Waals surface area contributed by atoms with E-state index in [1.165, 1.54) is 0 Å². The van der Waals surface area contributed by atoms with E-state index in [2.05, 4.69) is 15.7 Å². The Hall–Kier alpha value is -2.15. The van der Waals surface area contributed by atoms with Crippen LogP contribution in [-0.2, 0) is 0 Å². The molecule has 100 valence electrons. The fourth-order valence-corrected chi connectivity index (χ4v) is 1.45. The van der Waals surface area contributed by atoms with Crippen LogP contribution in [0.3, 0.4) is 0 Å². The Morgan fingerprint density at radius 3 is 2.00 bits per heavy atom. The molecular formula is C11H18N4O3. The number of guanidine groups is 1. The zero-order valence-corrected chi connectivity index (χ0v) is 10.9. The van der Waals surface area contributed by atoms with Crippen LogP contribution in [-0.4, -0.2) is 34.3 Å². The minimum atomic E-state index is 0.421. The van der Waals surface area contributed by atoms with E-state index >= 15 is 0 Å². The van der Waals surface area contributed by atoms with Gasteiger partial charge in [-0.15, -0.1) is 0 Å². The molecule has 0 spiro atoms. The molecule has 0 saturated carbocycles. The maximum absolute atomic E-state index is 5.30. The van der Waals surface area contributed by atoms with E-state index in [1.807, 2.05) is 0 Å². The number of nitrogens with one attached hydrogen (secondary N) is 2. The summed E-state index contributed by atoms with van der Waals surface area (Å²) in [6, 6.07) is 3.51. The van der Waals surface area contributed by atoms with Crippen molar-refractivity contribution in [1.82, 2.24) is 5.43 Å². The van der Waals surface area contributed by atoms with Crippen molar-refractivity contribution in [3.8, 4) is 17.2 Å². The molecule has 0 saturated heterocycles. The minimum Gasteiger partial charge on any atom is -0.493 e. The summed E-state index contributed by atoms with van der Waals surface area (Å²) in [7, 11) is 6.27. The maximum Gasteiger partial charge on any atom is 0.209 e. The van der Waals surface area contributed by atoms with E-state index in [-0.39, 0.29) is 0 Å². The van der Waals surface area contributed by atoms with Crippen molar-refractivity contribution in [2.24, 2.45) is 10.8 Å². The first-order chi connectivity index (χ1) is 8.69. The Bertz CT molecular complexity index is 409. The number of benzene rings is 1. The Labute approximate surface area is 106 Å². The molecule has 1 aromatic rings. The highest BCUT2D eigenvalue weighted by molar-refractivity contribution is 5.93. The average Bonchev–Trinajstić information content (AvgIpc) is 2.43. The fourth-order valence-electron chi connectivity index (χ4n) is 1.45. The Balaban J connectivity index is 3.15. The summed E-state index contributed by atoms with van der Waals surface area (Å²) in [6.07, 6.45) is 0. The van der Waals surface area contributed by atoms with Crippen LogP contribution in [0.25, 0.3) is 0 Å². The molecule has 7 nitrogen and oxygen atoms in total. The first kappa shape index (κ1) is 13.9. The second-order valence-corrected chi connectivity index (χ2v) is 3.26. The first-order valence-corrected chi connectivity index (χ1v) is 5.20. The molecule has 0 bridgehead atoms. The number of hydrazine groups is 1. The first-order valence-electron chi connectivity index (χ1n) is 5.20. The van der Waals surface area contributed by atoms with E-state index in [9.17, 15) is 0 Å². The molecule has 1 aromatic carbocycles. The molecule has 18 heavy (non-hydrogen) atoms. The zero-order valence-electron chi connectivity index (χ0n) is 10.9. The molecule has 0 heterocycles. The number of nitrogens with two attached hydrogens (primary N) is 1. The van der Waals surface area contributed by atoms with E-state index in [4.69, 9.17) is 20.1 Å². The SMILES string of the molecule is CN=C(NN)Nc1cc(OC)c(OC)c(OC)c1. The summed E-state index contributed by atoms with van der Waals surface area (Å²) in [5.74, 6) is 7.34. The summed E-state index contributed by atoms with van der Waals surface area (Å²) in [4.78, 5) is 3.91. The van der Waals surface area contributed by atoms with E-state index in [0.717, 1.165) is 0 Å².